The van der Waals surface area contributed by atoms with Gasteiger partial charge in [-0.25, -0.2) is 0 Å². The molecule has 2 N–H and O–H groups in total. The molecule has 1 fully saturated rings. The second-order valence-electron chi connectivity index (χ2n) is 5.00. The summed E-state index contributed by atoms with van der Waals surface area (Å²) in [7, 11) is 1.67. The zero-order valence-corrected chi connectivity index (χ0v) is 13.6. The van der Waals surface area contributed by atoms with Gasteiger partial charge in [0.05, 0.1) is 13.4 Å². The van der Waals surface area contributed by atoms with Crippen molar-refractivity contribution >= 4 is 34.7 Å². The summed E-state index contributed by atoms with van der Waals surface area (Å²) in [5.74, 6) is -0.687. The number of hydrogen-bond donors (Lipinski definition) is 2. The van der Waals surface area contributed by atoms with Gasteiger partial charge in [0.2, 0.25) is 11.8 Å². The highest BCUT2D eigenvalue weighted by atomic mass is 32.1. The zero-order chi connectivity index (χ0) is 16.7. The summed E-state index contributed by atoms with van der Waals surface area (Å²) >= 11 is 4.50. The number of hydrogen-bond acceptors (Lipinski definition) is 4. The van der Waals surface area contributed by atoms with Crippen LogP contribution in [-0.4, -0.2) is 24.0 Å². The number of allylic oxidation sites excluding steroid dienone is 3. The van der Waals surface area contributed by atoms with E-state index in [1.165, 1.54) is 16.7 Å². The average Bonchev–Trinajstić information content (AvgIpc) is 2.90. The number of ether oxygens (including phenoxy) is 1. The highest BCUT2D eigenvalue weighted by Gasteiger charge is 2.17. The number of rotatable bonds is 3. The SMILES string of the molecule is COC=CCC1=CCc2ccccc21.O=C1CC(=O)NC(=S)N1. The van der Waals surface area contributed by atoms with Crippen LogP contribution in [0.15, 0.2) is 42.7 Å². The first-order valence-corrected chi connectivity index (χ1v) is 7.59. The predicted molar refractivity (Wildman–Crippen MR) is 92.4 cm³/mol. The number of amides is 2. The highest BCUT2D eigenvalue weighted by Crippen LogP contribution is 2.29. The fraction of sp³-hybridized carbons (Fsp3) is 0.235. The van der Waals surface area contributed by atoms with Gasteiger partial charge < -0.3 is 15.4 Å². The summed E-state index contributed by atoms with van der Waals surface area (Å²) in [6.07, 6.45) is 8.00. The van der Waals surface area contributed by atoms with Gasteiger partial charge in [-0.15, -0.1) is 0 Å². The van der Waals surface area contributed by atoms with Crippen LogP contribution in [0.5, 0.6) is 0 Å². The summed E-state index contributed by atoms with van der Waals surface area (Å²) in [4.78, 5) is 20.8. The van der Waals surface area contributed by atoms with Gasteiger partial charge in [-0.1, -0.05) is 30.3 Å². The van der Waals surface area contributed by atoms with E-state index in [1.807, 2.05) is 6.08 Å². The Balaban J connectivity index is 0.000000185. The molecule has 1 aliphatic carbocycles. The zero-order valence-electron chi connectivity index (χ0n) is 12.8. The number of carbonyl (C=O) groups excluding carboxylic acids is 2. The third-order valence-corrected chi connectivity index (χ3v) is 3.53. The summed E-state index contributed by atoms with van der Waals surface area (Å²) < 4.78 is 4.88. The van der Waals surface area contributed by atoms with E-state index in [2.05, 4.69) is 53.2 Å². The number of fused-ring (bicyclic) bond motifs is 1. The minimum atomic E-state index is -0.344. The minimum Gasteiger partial charge on any atom is -0.505 e. The molecule has 3 rings (SSSR count). The van der Waals surface area contributed by atoms with Gasteiger partial charge in [0.1, 0.15) is 6.42 Å². The van der Waals surface area contributed by atoms with Crippen LogP contribution in [0, 0.1) is 0 Å². The maximum Gasteiger partial charge on any atom is 0.235 e. The molecule has 1 aromatic carbocycles. The Hall–Kier alpha value is -2.47. The lowest BCUT2D eigenvalue weighted by atomic mass is 10.0. The Kier molecular flexibility index (Phi) is 6.05. The van der Waals surface area contributed by atoms with Crippen LogP contribution in [-0.2, 0) is 20.7 Å². The Labute approximate surface area is 140 Å². The van der Waals surface area contributed by atoms with Gasteiger partial charge in [-0.2, -0.15) is 0 Å². The van der Waals surface area contributed by atoms with E-state index in [1.54, 1.807) is 13.4 Å². The second kappa shape index (κ2) is 8.24. The third-order valence-electron chi connectivity index (χ3n) is 3.33. The molecule has 6 heteroatoms. The molecule has 23 heavy (non-hydrogen) atoms. The number of thiocarbonyl (C=S) groups is 1. The Morgan fingerprint density at radius 1 is 1.22 bits per heavy atom. The molecule has 120 valence electrons. The molecule has 0 unspecified atom stereocenters. The van der Waals surface area contributed by atoms with E-state index < -0.39 is 0 Å². The first-order valence-electron chi connectivity index (χ1n) is 7.19. The Morgan fingerprint density at radius 3 is 2.57 bits per heavy atom. The number of carbonyl (C=O) groups is 2. The predicted octanol–water partition coefficient (Wildman–Crippen LogP) is 2.08. The van der Waals surface area contributed by atoms with Crippen molar-refractivity contribution in [1.82, 2.24) is 10.6 Å². The Morgan fingerprint density at radius 2 is 1.91 bits per heavy atom. The lowest BCUT2D eigenvalue weighted by Gasteiger charge is -2.12. The molecule has 0 radical (unpaired) electrons. The molecule has 1 aromatic rings. The summed E-state index contributed by atoms with van der Waals surface area (Å²) in [5.41, 5.74) is 4.25. The highest BCUT2D eigenvalue weighted by molar-refractivity contribution is 7.80. The van der Waals surface area contributed by atoms with E-state index in [0.29, 0.717) is 0 Å². The molecular weight excluding hydrogens is 312 g/mol. The van der Waals surface area contributed by atoms with Crippen molar-refractivity contribution in [3.05, 3.63) is 53.8 Å². The van der Waals surface area contributed by atoms with Gasteiger partial charge in [-0.3, -0.25) is 9.59 Å². The van der Waals surface area contributed by atoms with Gasteiger partial charge >= 0.3 is 0 Å². The van der Waals surface area contributed by atoms with Crippen molar-refractivity contribution < 1.29 is 14.3 Å². The summed E-state index contributed by atoms with van der Waals surface area (Å²) in [6, 6.07) is 8.58. The van der Waals surface area contributed by atoms with Crippen molar-refractivity contribution in [2.75, 3.05) is 7.11 Å². The van der Waals surface area contributed by atoms with Gasteiger partial charge in [-0.05, 0) is 47.8 Å². The molecule has 2 amide bonds. The molecule has 2 aliphatic rings. The maximum atomic E-state index is 10.4. The maximum absolute atomic E-state index is 10.4. The van der Waals surface area contributed by atoms with Crippen LogP contribution < -0.4 is 10.6 Å². The fourth-order valence-corrected chi connectivity index (χ4v) is 2.57. The summed E-state index contributed by atoms with van der Waals surface area (Å²) in [6.45, 7) is 0. The number of nitrogens with one attached hydrogen (secondary N) is 2. The largest absolute Gasteiger partial charge is 0.505 e. The Bertz CT molecular complexity index is 635. The van der Waals surface area contributed by atoms with Crippen molar-refractivity contribution in [2.24, 2.45) is 0 Å². The quantitative estimate of drug-likeness (QED) is 0.506. The lowest BCUT2D eigenvalue weighted by Crippen LogP contribution is -2.49. The van der Waals surface area contributed by atoms with Crippen LogP contribution in [0.25, 0.3) is 5.57 Å². The first kappa shape index (κ1) is 16.9. The monoisotopic (exact) mass is 330 g/mol. The first-order chi connectivity index (χ1) is 11.1. The van der Waals surface area contributed by atoms with E-state index in [4.69, 9.17) is 4.74 Å². The van der Waals surface area contributed by atoms with Crippen LogP contribution in [0.3, 0.4) is 0 Å². The molecule has 0 bridgehead atoms. The molecule has 1 heterocycles. The molecule has 0 spiro atoms. The van der Waals surface area contributed by atoms with Crippen molar-refractivity contribution in [1.29, 1.82) is 0 Å². The van der Waals surface area contributed by atoms with E-state index >= 15 is 0 Å². The fourth-order valence-electron chi connectivity index (χ4n) is 2.34. The molecule has 0 saturated carbocycles. The van der Waals surface area contributed by atoms with Crippen LogP contribution in [0.1, 0.15) is 24.0 Å². The molecule has 0 aromatic heterocycles. The number of methoxy groups -OCH3 is 1. The van der Waals surface area contributed by atoms with Crippen LogP contribution >= 0.6 is 12.2 Å². The molecular formula is C17H18N2O3S. The normalized spacial score (nSPS) is 16.0. The van der Waals surface area contributed by atoms with Gasteiger partial charge in [0, 0.05) is 0 Å². The van der Waals surface area contributed by atoms with E-state index in [0.717, 1.165) is 12.8 Å². The molecule has 1 saturated heterocycles. The smallest absolute Gasteiger partial charge is 0.235 e. The third kappa shape index (κ3) is 5.03. The average molecular weight is 330 g/mol. The minimum absolute atomic E-state index is 0.0938. The van der Waals surface area contributed by atoms with Crippen LogP contribution in [0.4, 0.5) is 0 Å². The lowest BCUT2D eigenvalue weighted by molar-refractivity contribution is -0.129. The second-order valence-corrected chi connectivity index (χ2v) is 5.41. The van der Waals surface area contributed by atoms with Crippen molar-refractivity contribution in [2.45, 2.75) is 19.3 Å². The molecule has 5 nitrogen and oxygen atoms in total. The molecule has 1 aliphatic heterocycles. The van der Waals surface area contributed by atoms with Crippen molar-refractivity contribution in [3.63, 3.8) is 0 Å². The summed E-state index contributed by atoms with van der Waals surface area (Å²) in [5, 5.41) is 4.63. The topological polar surface area (TPSA) is 67.4 Å². The van der Waals surface area contributed by atoms with Gasteiger partial charge in [0.15, 0.2) is 5.11 Å². The molecule has 0 atom stereocenters. The van der Waals surface area contributed by atoms with Gasteiger partial charge in [0.25, 0.3) is 0 Å². The van der Waals surface area contributed by atoms with E-state index in [-0.39, 0.29) is 23.3 Å². The number of benzene rings is 1. The van der Waals surface area contributed by atoms with Crippen molar-refractivity contribution in [3.8, 4) is 0 Å². The standard InChI is InChI=1S/C13H14O.C4H4N2O2S/c1-14-10-4-6-12-9-8-11-5-2-3-7-13(11)12;7-2-1-3(8)6-4(9)5-2/h2-5,7,9-10H,6,8H2,1H3;1H2,(H2,5,6,7,8,9). The van der Waals surface area contributed by atoms with Crippen LogP contribution in [0.2, 0.25) is 0 Å². The van der Waals surface area contributed by atoms with E-state index in [9.17, 15) is 9.59 Å².